The molecule has 64 heavy (non-hydrogen) atoms. The van der Waals surface area contributed by atoms with E-state index in [9.17, 15) is 40.9 Å². The third-order valence-electron chi connectivity index (χ3n) is 13.1. The van der Waals surface area contributed by atoms with E-state index in [4.69, 9.17) is 0 Å². The average molecular weight is 847 g/mol. The molecule has 0 unspecified atom stereocenters. The Kier molecular flexibility index (Phi) is 10.1. The number of hydrogen-bond acceptors (Lipinski definition) is 8. The van der Waals surface area contributed by atoms with Gasteiger partial charge < -0.3 is 40.9 Å². The average Bonchev–Trinajstić information content (AvgIpc) is 3.28. The van der Waals surface area contributed by atoms with Crippen LogP contribution < -0.4 is 0 Å². The van der Waals surface area contributed by atoms with Crippen molar-refractivity contribution in [1.82, 2.24) is 0 Å². The van der Waals surface area contributed by atoms with Crippen LogP contribution in [0.25, 0.3) is 11.1 Å². The highest BCUT2D eigenvalue weighted by molar-refractivity contribution is 5.72. The summed E-state index contributed by atoms with van der Waals surface area (Å²) in [6.07, 6.45) is 1.65. The zero-order chi connectivity index (χ0) is 44.2. The van der Waals surface area contributed by atoms with Crippen LogP contribution in [-0.2, 0) is 51.4 Å². The number of para-hydroxylation sites is 6. The minimum Gasteiger partial charge on any atom is -0.507 e. The second-order valence-electron chi connectivity index (χ2n) is 17.2. The second-order valence-corrected chi connectivity index (χ2v) is 17.2. The highest BCUT2D eigenvalue weighted by Gasteiger charge is 2.23. The number of fused-ring (bicyclic) bond motifs is 16. The Bertz CT molecular complexity index is 2760. The van der Waals surface area contributed by atoms with Crippen LogP contribution in [0.4, 0.5) is 0 Å². The summed E-state index contributed by atoms with van der Waals surface area (Å²) in [5.74, 6) is 0.520. The maximum atomic E-state index is 12.1. The van der Waals surface area contributed by atoms with Gasteiger partial charge in [-0.05, 0) is 124 Å². The van der Waals surface area contributed by atoms with E-state index in [-0.39, 0.29) is 97.4 Å². The van der Waals surface area contributed by atoms with Gasteiger partial charge in [0.15, 0.2) is 0 Å². The molecule has 8 heteroatoms. The lowest BCUT2D eigenvalue weighted by Crippen LogP contribution is -2.02. The molecule has 0 aliphatic heterocycles. The summed E-state index contributed by atoms with van der Waals surface area (Å²) in [6.45, 7) is 0. The molecule has 10 rings (SSSR count). The monoisotopic (exact) mass is 846 g/mol. The Morgan fingerprint density at radius 2 is 0.312 bits per heavy atom. The van der Waals surface area contributed by atoms with E-state index >= 15 is 0 Å². The Hall–Kier alpha value is -7.84. The number of aromatic hydroxyl groups is 8. The van der Waals surface area contributed by atoms with Gasteiger partial charge in [0.25, 0.3) is 0 Å². The van der Waals surface area contributed by atoms with Crippen molar-refractivity contribution in [2.45, 2.75) is 51.4 Å². The van der Waals surface area contributed by atoms with Gasteiger partial charge in [0, 0.05) is 51.4 Å². The lowest BCUT2D eigenvalue weighted by Gasteiger charge is -2.20. The third-order valence-corrected chi connectivity index (χ3v) is 13.1. The largest absolute Gasteiger partial charge is 0.507 e. The summed E-state index contributed by atoms with van der Waals surface area (Å²) in [5.41, 5.74) is 10.8. The number of benzene rings is 8. The van der Waals surface area contributed by atoms with Crippen LogP contribution in [0.1, 0.15) is 89.0 Å². The lowest BCUT2D eigenvalue weighted by atomic mass is 9.87. The molecule has 8 aromatic rings. The first-order valence-electron chi connectivity index (χ1n) is 21.5. The van der Waals surface area contributed by atoms with Crippen molar-refractivity contribution >= 4 is 0 Å². The zero-order valence-corrected chi connectivity index (χ0v) is 34.9. The predicted octanol–water partition coefficient (Wildman–Crippen LogP) is 10.4. The molecule has 0 fully saturated rings. The Morgan fingerprint density at radius 3 is 0.469 bits per heavy atom. The van der Waals surface area contributed by atoms with Crippen LogP contribution in [0.2, 0.25) is 0 Å². The summed E-state index contributed by atoms with van der Waals surface area (Å²) >= 11 is 0. The minimum atomic E-state index is 0.0216. The molecule has 0 saturated heterocycles. The molecule has 0 saturated carbocycles. The van der Waals surface area contributed by atoms with Crippen molar-refractivity contribution in [2.75, 3.05) is 0 Å². The Balaban J connectivity index is 1.16. The molecular weight excluding hydrogens is 801 g/mol. The van der Waals surface area contributed by atoms with Gasteiger partial charge >= 0.3 is 0 Å². The molecule has 2 aliphatic carbocycles. The van der Waals surface area contributed by atoms with Crippen molar-refractivity contribution in [1.29, 1.82) is 0 Å². The smallest absolute Gasteiger partial charge is 0.122 e. The molecular formula is C56H46O8. The van der Waals surface area contributed by atoms with Crippen molar-refractivity contribution < 1.29 is 40.9 Å². The van der Waals surface area contributed by atoms with Gasteiger partial charge in [0.05, 0.1) is 0 Å². The first kappa shape index (κ1) is 40.2. The highest BCUT2D eigenvalue weighted by atomic mass is 16.3. The summed E-state index contributed by atoms with van der Waals surface area (Å²) in [4.78, 5) is 0. The fourth-order valence-corrected chi connectivity index (χ4v) is 9.61. The van der Waals surface area contributed by atoms with Gasteiger partial charge in [-0.3, -0.25) is 0 Å². The first-order chi connectivity index (χ1) is 31.0. The van der Waals surface area contributed by atoms with Gasteiger partial charge in [-0.15, -0.1) is 0 Å². The number of hydrogen-bond donors (Lipinski definition) is 8. The molecule has 0 atom stereocenters. The van der Waals surface area contributed by atoms with Crippen LogP contribution in [0.5, 0.6) is 46.0 Å². The molecule has 0 aromatic heterocycles. The van der Waals surface area contributed by atoms with Gasteiger partial charge in [-0.2, -0.15) is 0 Å². The third kappa shape index (κ3) is 7.36. The van der Waals surface area contributed by atoms with Crippen molar-refractivity contribution in [3.63, 3.8) is 0 Å². The molecule has 318 valence electrons. The maximum absolute atomic E-state index is 12.1. The van der Waals surface area contributed by atoms with Gasteiger partial charge in [-0.1, -0.05) is 109 Å². The molecule has 0 amide bonds. The van der Waals surface area contributed by atoms with E-state index in [2.05, 4.69) is 0 Å². The van der Waals surface area contributed by atoms with E-state index in [1.54, 1.807) is 0 Å². The number of rotatable bonds is 1. The molecule has 8 aromatic carbocycles. The summed E-state index contributed by atoms with van der Waals surface area (Å²) < 4.78 is 0. The van der Waals surface area contributed by atoms with Crippen LogP contribution in [0, 0.1) is 0 Å². The van der Waals surface area contributed by atoms with E-state index < -0.39 is 0 Å². The molecule has 8 nitrogen and oxygen atoms in total. The minimum absolute atomic E-state index is 0.0216. The van der Waals surface area contributed by atoms with Gasteiger partial charge in [0.2, 0.25) is 0 Å². The Labute approximate surface area is 370 Å². The quantitative estimate of drug-likeness (QED) is 0.0810. The number of phenolic OH excluding ortho intramolecular Hbond substituents is 8. The molecule has 8 N–H and O–H groups in total. The summed E-state index contributed by atoms with van der Waals surface area (Å²) in [6, 6.07) is 40.5. The van der Waals surface area contributed by atoms with Crippen molar-refractivity contribution in [3.8, 4) is 57.1 Å². The SMILES string of the molecule is Oc1c2cccc1Cc1cccc(c1O)Cc1cc(-c3cc4c(O)c(c3)Cc3cccc(c3O)Cc3cccc(c3O)Cc3cccc(c3O)C4)cc(c1O)Cc1cccc(c1O)C2. The molecule has 0 radical (unpaired) electrons. The predicted molar refractivity (Wildman–Crippen MR) is 246 cm³/mol. The Morgan fingerprint density at radius 1 is 0.188 bits per heavy atom. The van der Waals surface area contributed by atoms with E-state index in [0.717, 1.165) is 0 Å². The normalized spacial score (nSPS) is 13.3. The molecule has 16 bridgehead atoms. The summed E-state index contributed by atoms with van der Waals surface area (Å²) in [5, 5.41) is 93.9. The molecule has 0 heterocycles. The molecule has 2 aliphatic rings. The standard InChI is InChI=1S/C56H46O8/c57-49-31-7-1-8-32(49)20-36-12-4-16-40(52(36)60)24-46-28-43(27-45(55(46)63)23-39-15-3-11-35(19-31)51(39)59)44-29-47-25-41-17-5-13-37(53(41)61)21-33-9-2-10-34(50(33)58)22-38-14-6-18-42(54(38)62)26-48(30-44)56(47)64/h1-18,27-30,57-64H,19-26H2. The number of phenols is 8. The topological polar surface area (TPSA) is 162 Å². The zero-order valence-electron chi connectivity index (χ0n) is 34.9. The van der Waals surface area contributed by atoms with Gasteiger partial charge in [-0.25, -0.2) is 0 Å². The summed E-state index contributed by atoms with van der Waals surface area (Å²) in [7, 11) is 0. The van der Waals surface area contributed by atoms with E-state index in [0.29, 0.717) is 100 Å². The molecule has 0 spiro atoms. The van der Waals surface area contributed by atoms with Crippen molar-refractivity contribution in [2.24, 2.45) is 0 Å². The van der Waals surface area contributed by atoms with E-state index in [1.165, 1.54) is 0 Å². The van der Waals surface area contributed by atoms with Gasteiger partial charge in [0.1, 0.15) is 46.0 Å². The second kappa shape index (κ2) is 16.1. The van der Waals surface area contributed by atoms with E-state index in [1.807, 2.05) is 133 Å². The van der Waals surface area contributed by atoms with Crippen LogP contribution in [0.3, 0.4) is 0 Å². The van der Waals surface area contributed by atoms with Crippen LogP contribution >= 0.6 is 0 Å². The van der Waals surface area contributed by atoms with Crippen molar-refractivity contribution in [3.05, 3.63) is 222 Å². The first-order valence-corrected chi connectivity index (χ1v) is 21.5. The lowest BCUT2D eigenvalue weighted by molar-refractivity contribution is 0.449. The fourth-order valence-electron chi connectivity index (χ4n) is 9.61. The maximum Gasteiger partial charge on any atom is 0.122 e. The van der Waals surface area contributed by atoms with Crippen LogP contribution in [0.15, 0.2) is 133 Å². The highest BCUT2D eigenvalue weighted by Crippen LogP contribution is 2.43. The van der Waals surface area contributed by atoms with Crippen LogP contribution in [-0.4, -0.2) is 40.9 Å². The fraction of sp³-hybridized carbons (Fsp3) is 0.143.